The number of nitrogens with zero attached hydrogens (tertiary/aromatic N) is 1. The lowest BCUT2D eigenvalue weighted by atomic mass is 9.76. The zero-order chi connectivity index (χ0) is 16.8. The summed E-state index contributed by atoms with van der Waals surface area (Å²) in [6, 6.07) is 3.21. The van der Waals surface area contributed by atoms with Gasteiger partial charge in [-0.15, -0.1) is 0 Å². The third kappa shape index (κ3) is 3.13. The average Bonchev–Trinajstić information content (AvgIpc) is 2.45. The Morgan fingerprint density at radius 2 is 1.78 bits per heavy atom. The number of Topliss-reactive ketones (excluding diaryl/α,β-unsaturated/α-hetero) is 1. The first-order chi connectivity index (χ1) is 10.8. The maximum Gasteiger partial charge on any atom is 0.419 e. The van der Waals surface area contributed by atoms with Crippen molar-refractivity contribution in [3.05, 3.63) is 35.1 Å². The van der Waals surface area contributed by atoms with Gasteiger partial charge in [0, 0.05) is 23.6 Å². The van der Waals surface area contributed by atoms with Crippen LogP contribution in [0, 0.1) is 11.7 Å². The Hall–Kier alpha value is -1.43. The SMILES string of the molecule is CN1C2CCCC1CC(C(=O)c1ccc(F)c(C(F)(F)F)c1)C2. The average molecular weight is 329 g/mol. The molecule has 0 amide bonds. The molecule has 23 heavy (non-hydrogen) atoms. The molecule has 2 unspecified atom stereocenters. The molecule has 1 aromatic carbocycles. The van der Waals surface area contributed by atoms with Gasteiger partial charge in [-0.1, -0.05) is 6.42 Å². The predicted octanol–water partition coefficient (Wildman–Crippen LogP) is 4.29. The molecule has 0 aliphatic carbocycles. The Kier molecular flexibility index (Phi) is 4.21. The van der Waals surface area contributed by atoms with Crippen LogP contribution in [0.15, 0.2) is 18.2 Å². The highest BCUT2D eigenvalue weighted by Gasteiger charge is 2.40. The number of piperidine rings is 2. The van der Waals surface area contributed by atoms with E-state index in [0.717, 1.165) is 25.3 Å². The van der Waals surface area contributed by atoms with Gasteiger partial charge in [-0.2, -0.15) is 13.2 Å². The highest BCUT2D eigenvalue weighted by molar-refractivity contribution is 5.98. The molecule has 2 aliphatic heterocycles. The fourth-order valence-electron chi connectivity index (χ4n) is 3.96. The molecule has 0 spiro atoms. The van der Waals surface area contributed by atoms with E-state index in [0.29, 0.717) is 31.0 Å². The first-order valence-corrected chi connectivity index (χ1v) is 7.90. The first kappa shape index (κ1) is 16.4. The van der Waals surface area contributed by atoms with Crippen LogP contribution in [0.1, 0.15) is 48.0 Å². The second-order valence-electron chi connectivity index (χ2n) is 6.63. The zero-order valence-electron chi connectivity index (χ0n) is 12.9. The molecule has 126 valence electrons. The van der Waals surface area contributed by atoms with Crippen LogP contribution in [0.3, 0.4) is 0 Å². The molecule has 6 heteroatoms. The Bertz CT molecular complexity index is 599. The number of fused-ring (bicyclic) bond motifs is 2. The third-order valence-electron chi connectivity index (χ3n) is 5.27. The third-order valence-corrected chi connectivity index (χ3v) is 5.27. The molecule has 1 aromatic rings. The van der Waals surface area contributed by atoms with Crippen molar-refractivity contribution in [3.63, 3.8) is 0 Å². The topological polar surface area (TPSA) is 20.3 Å². The minimum Gasteiger partial charge on any atom is -0.300 e. The van der Waals surface area contributed by atoms with Crippen LogP contribution >= 0.6 is 0 Å². The highest BCUT2D eigenvalue weighted by Crippen LogP contribution is 2.38. The zero-order valence-corrected chi connectivity index (χ0v) is 12.9. The molecular formula is C17H19F4NO. The predicted molar refractivity (Wildman–Crippen MR) is 77.6 cm³/mol. The largest absolute Gasteiger partial charge is 0.419 e. The van der Waals surface area contributed by atoms with E-state index in [1.165, 1.54) is 6.07 Å². The van der Waals surface area contributed by atoms with Crippen molar-refractivity contribution in [1.29, 1.82) is 0 Å². The number of hydrogen-bond acceptors (Lipinski definition) is 2. The van der Waals surface area contributed by atoms with Crippen molar-refractivity contribution in [2.45, 2.75) is 50.4 Å². The van der Waals surface area contributed by atoms with E-state index < -0.39 is 17.6 Å². The molecule has 2 atom stereocenters. The Labute approximate surface area is 132 Å². The van der Waals surface area contributed by atoms with Crippen LogP contribution < -0.4 is 0 Å². The number of rotatable bonds is 2. The summed E-state index contributed by atoms with van der Waals surface area (Å²) in [4.78, 5) is 14.9. The molecule has 3 rings (SSSR count). The van der Waals surface area contributed by atoms with E-state index >= 15 is 0 Å². The number of ketones is 1. The summed E-state index contributed by atoms with van der Waals surface area (Å²) in [6.45, 7) is 0. The lowest BCUT2D eigenvalue weighted by Gasteiger charge is -2.46. The number of benzene rings is 1. The van der Waals surface area contributed by atoms with Crippen molar-refractivity contribution in [2.75, 3.05) is 7.05 Å². The Morgan fingerprint density at radius 3 is 2.35 bits per heavy atom. The second-order valence-corrected chi connectivity index (χ2v) is 6.63. The Morgan fingerprint density at radius 1 is 1.17 bits per heavy atom. The van der Waals surface area contributed by atoms with E-state index in [1.807, 2.05) is 0 Å². The summed E-state index contributed by atoms with van der Waals surface area (Å²) in [7, 11) is 2.05. The molecule has 0 aromatic heterocycles. The van der Waals surface area contributed by atoms with Crippen LogP contribution in [0.5, 0.6) is 0 Å². The summed E-state index contributed by atoms with van der Waals surface area (Å²) >= 11 is 0. The molecule has 2 saturated heterocycles. The number of carbonyl (C=O) groups is 1. The quantitative estimate of drug-likeness (QED) is 0.596. The van der Waals surface area contributed by atoms with E-state index in [-0.39, 0.29) is 17.3 Å². The molecule has 2 bridgehead atoms. The van der Waals surface area contributed by atoms with Gasteiger partial charge < -0.3 is 4.90 Å². The Balaban J connectivity index is 1.84. The van der Waals surface area contributed by atoms with Gasteiger partial charge in [0.1, 0.15) is 5.82 Å². The molecule has 0 N–H and O–H groups in total. The summed E-state index contributed by atoms with van der Waals surface area (Å²) in [5, 5.41) is 0. The molecule has 0 radical (unpaired) electrons. The standard InChI is InChI=1S/C17H19F4NO/c1-22-12-3-2-4-13(22)8-11(7-12)16(23)10-5-6-15(18)14(9-10)17(19,20)21/h5-6,9,11-13H,2-4,7-8H2,1H3. The number of halogens is 4. The van der Waals surface area contributed by atoms with Crippen molar-refractivity contribution in [2.24, 2.45) is 5.92 Å². The van der Waals surface area contributed by atoms with E-state index in [4.69, 9.17) is 0 Å². The fraction of sp³-hybridized carbons (Fsp3) is 0.588. The van der Waals surface area contributed by atoms with Crippen LogP contribution in [0.4, 0.5) is 17.6 Å². The molecule has 2 heterocycles. The lowest BCUT2D eigenvalue weighted by Crippen LogP contribution is -2.51. The van der Waals surface area contributed by atoms with Gasteiger partial charge in [0.25, 0.3) is 0 Å². The fourth-order valence-corrected chi connectivity index (χ4v) is 3.96. The smallest absolute Gasteiger partial charge is 0.300 e. The summed E-state index contributed by atoms with van der Waals surface area (Å²) in [6.07, 6.45) is -0.268. The summed E-state index contributed by atoms with van der Waals surface area (Å²) in [5.41, 5.74) is -1.40. The molecule has 2 nitrogen and oxygen atoms in total. The maximum atomic E-state index is 13.4. The van der Waals surface area contributed by atoms with Gasteiger partial charge in [0.2, 0.25) is 0 Å². The van der Waals surface area contributed by atoms with Gasteiger partial charge in [-0.3, -0.25) is 4.79 Å². The van der Waals surface area contributed by atoms with E-state index in [2.05, 4.69) is 11.9 Å². The lowest BCUT2D eigenvalue weighted by molar-refractivity contribution is -0.140. The van der Waals surface area contributed by atoms with E-state index in [9.17, 15) is 22.4 Å². The number of carbonyl (C=O) groups excluding carboxylic acids is 1. The van der Waals surface area contributed by atoms with Crippen LogP contribution in [0.2, 0.25) is 0 Å². The highest BCUT2D eigenvalue weighted by atomic mass is 19.4. The minimum atomic E-state index is -4.79. The van der Waals surface area contributed by atoms with Crippen molar-refractivity contribution >= 4 is 5.78 Å². The minimum absolute atomic E-state index is 0.0358. The van der Waals surface area contributed by atoms with Crippen LogP contribution in [-0.4, -0.2) is 29.8 Å². The van der Waals surface area contributed by atoms with Crippen molar-refractivity contribution in [1.82, 2.24) is 4.90 Å². The number of hydrogen-bond donors (Lipinski definition) is 0. The van der Waals surface area contributed by atoms with Gasteiger partial charge in [-0.25, -0.2) is 4.39 Å². The maximum absolute atomic E-state index is 13.4. The first-order valence-electron chi connectivity index (χ1n) is 7.90. The summed E-state index contributed by atoms with van der Waals surface area (Å²) in [5.74, 6) is -1.90. The van der Waals surface area contributed by atoms with Crippen molar-refractivity contribution < 1.29 is 22.4 Å². The monoisotopic (exact) mass is 329 g/mol. The normalized spacial score (nSPS) is 28.7. The van der Waals surface area contributed by atoms with Crippen LogP contribution in [0.25, 0.3) is 0 Å². The van der Waals surface area contributed by atoms with Crippen molar-refractivity contribution in [3.8, 4) is 0 Å². The molecule has 2 fully saturated rings. The molecular weight excluding hydrogens is 310 g/mol. The number of alkyl halides is 3. The van der Waals surface area contributed by atoms with Gasteiger partial charge in [0.05, 0.1) is 5.56 Å². The molecule has 2 aliphatic rings. The van der Waals surface area contributed by atoms with Gasteiger partial charge in [-0.05, 0) is 50.9 Å². The second kappa shape index (κ2) is 5.89. The summed E-state index contributed by atoms with van der Waals surface area (Å²) < 4.78 is 51.8. The van der Waals surface area contributed by atoms with E-state index in [1.54, 1.807) is 0 Å². The van der Waals surface area contributed by atoms with Crippen LogP contribution in [-0.2, 0) is 6.18 Å². The van der Waals surface area contributed by atoms with Gasteiger partial charge >= 0.3 is 6.18 Å². The molecule has 0 saturated carbocycles. The van der Waals surface area contributed by atoms with Gasteiger partial charge in [0.15, 0.2) is 5.78 Å².